The second-order valence-corrected chi connectivity index (χ2v) is 11.5. The Morgan fingerprint density at radius 1 is 1.11 bits per heavy atom. The second-order valence-electron chi connectivity index (χ2n) is 9.59. The van der Waals surface area contributed by atoms with Crippen LogP contribution in [0.5, 0.6) is 0 Å². The summed E-state index contributed by atoms with van der Waals surface area (Å²) in [6, 6.07) is 14.5. The molecule has 0 saturated carbocycles. The number of aryl methyl sites for hydroxylation is 3. The number of ether oxygens (including phenoxy) is 1. The first-order valence-electron chi connectivity index (χ1n) is 11.9. The topological polar surface area (TPSA) is 72.5 Å². The molecule has 0 bridgehead atoms. The Hall–Kier alpha value is -3.17. The number of hydrogen-bond acceptors (Lipinski definition) is 4. The van der Waals surface area contributed by atoms with Gasteiger partial charge in [0.25, 0.3) is 0 Å². The highest BCUT2D eigenvalue weighted by atomic mass is 32.2. The number of carbonyl (C=O) groups is 1. The van der Waals surface area contributed by atoms with E-state index < -0.39 is 17.3 Å². The lowest BCUT2D eigenvalue weighted by atomic mass is 9.62. The van der Waals surface area contributed by atoms with Crippen molar-refractivity contribution in [3.8, 4) is 0 Å². The monoisotopic (exact) mass is 493 g/mol. The molecule has 1 aliphatic heterocycles. The number of methoxy groups -OCH3 is 1. The van der Waals surface area contributed by atoms with E-state index in [9.17, 15) is 13.2 Å². The van der Waals surface area contributed by atoms with E-state index in [0.717, 1.165) is 11.1 Å². The van der Waals surface area contributed by atoms with Crippen LogP contribution in [0, 0.1) is 12.8 Å². The first kappa shape index (κ1) is 24.9. The summed E-state index contributed by atoms with van der Waals surface area (Å²) in [6.45, 7) is 4.79. The molecule has 0 spiro atoms. The smallest absolute Gasteiger partial charge is 0.337 e. The lowest BCUT2D eigenvalue weighted by Crippen LogP contribution is -2.52. The third-order valence-corrected chi connectivity index (χ3v) is 9.01. The zero-order chi connectivity index (χ0) is 25.3. The van der Waals surface area contributed by atoms with Crippen molar-refractivity contribution in [1.82, 2.24) is 8.87 Å². The maximum absolute atomic E-state index is 13.6. The van der Waals surface area contributed by atoms with Gasteiger partial charge in [-0.25, -0.2) is 18.7 Å². The standard InChI is InChI=1S/C26H32BN3O4S/c1-18-6-12-22(13-7-18)35(32,33)30-16-19(2)24(20-8-10-21(11-9-20)25(31)34-5)23(17-30)27-26-28(3)14-15-29(26)4/h6-15,19H,16-17,27H2,1-5H3/t19-/m0/s1. The normalized spacial score (nSPS) is 17.0. The Morgan fingerprint density at radius 3 is 2.34 bits per heavy atom. The number of carbonyl (C=O) groups excluding carboxylic acids is 1. The van der Waals surface area contributed by atoms with Gasteiger partial charge >= 0.3 is 5.97 Å². The van der Waals surface area contributed by atoms with Gasteiger partial charge in [-0.3, -0.25) is 9.13 Å². The number of benzene rings is 2. The molecule has 2 heterocycles. The predicted molar refractivity (Wildman–Crippen MR) is 139 cm³/mol. The molecule has 0 aliphatic carbocycles. The van der Waals surface area contributed by atoms with Gasteiger partial charge in [-0.05, 0) is 42.7 Å². The number of aromatic nitrogens is 2. The van der Waals surface area contributed by atoms with Gasteiger partial charge in [0.05, 0.1) is 37.4 Å². The molecule has 2 aromatic carbocycles. The van der Waals surface area contributed by atoms with Crippen LogP contribution in [0.4, 0.5) is 0 Å². The van der Waals surface area contributed by atoms with E-state index in [0.29, 0.717) is 23.5 Å². The highest BCUT2D eigenvalue weighted by Crippen LogP contribution is 2.34. The van der Waals surface area contributed by atoms with Gasteiger partial charge in [0.15, 0.2) is 0 Å². The van der Waals surface area contributed by atoms with E-state index in [2.05, 4.69) is 16.1 Å². The van der Waals surface area contributed by atoms with Crippen molar-refractivity contribution in [2.24, 2.45) is 20.0 Å². The van der Waals surface area contributed by atoms with Gasteiger partial charge in [-0.1, -0.05) is 42.3 Å². The van der Waals surface area contributed by atoms with Crippen molar-refractivity contribution < 1.29 is 22.5 Å². The van der Waals surface area contributed by atoms with Crippen LogP contribution in [0.3, 0.4) is 0 Å². The van der Waals surface area contributed by atoms with E-state index in [-0.39, 0.29) is 11.9 Å². The molecule has 1 aromatic heterocycles. The van der Waals surface area contributed by atoms with Crippen LogP contribution in [0.2, 0.25) is 0 Å². The van der Waals surface area contributed by atoms with Gasteiger partial charge in [0.2, 0.25) is 10.0 Å². The summed E-state index contributed by atoms with van der Waals surface area (Å²) in [5, 5.41) is 0. The number of hydrogen-bond donors (Lipinski definition) is 0. The molecule has 0 radical (unpaired) electrons. The molecular weight excluding hydrogens is 461 g/mol. The fourth-order valence-electron chi connectivity index (χ4n) is 5.21. The summed E-state index contributed by atoms with van der Waals surface area (Å²) in [7, 11) is 0.959. The van der Waals surface area contributed by atoms with Crippen LogP contribution in [0.1, 0.15) is 28.4 Å². The Balaban J connectivity index is 1.78. The quantitative estimate of drug-likeness (QED) is 0.297. The van der Waals surface area contributed by atoms with Crippen molar-refractivity contribution in [3.05, 3.63) is 83.1 Å². The summed E-state index contributed by atoms with van der Waals surface area (Å²) in [5.41, 5.74) is 6.09. The van der Waals surface area contributed by atoms with E-state index in [4.69, 9.17) is 4.74 Å². The average molecular weight is 493 g/mol. The Labute approximate surface area is 207 Å². The fraction of sp³-hybridized carbons (Fsp3) is 0.308. The zero-order valence-corrected chi connectivity index (χ0v) is 22.0. The maximum Gasteiger partial charge on any atom is 0.337 e. The SMILES string of the molecule is COC(=O)c1ccc(C2=C([BH2-]c3n(C)cc[n+]3C)CN(S(=O)(=O)c3ccc(C)cc3)C[C@@H]2C)cc1. The van der Waals surface area contributed by atoms with Crippen molar-refractivity contribution in [2.45, 2.75) is 18.7 Å². The minimum absolute atomic E-state index is 0.00252. The summed E-state index contributed by atoms with van der Waals surface area (Å²) >= 11 is 0. The molecule has 35 heavy (non-hydrogen) atoms. The minimum Gasteiger partial charge on any atom is -0.465 e. The maximum atomic E-state index is 13.6. The average Bonchev–Trinajstić information content (AvgIpc) is 3.16. The number of esters is 1. The molecule has 9 heteroatoms. The van der Waals surface area contributed by atoms with E-state index in [1.165, 1.54) is 23.9 Å². The van der Waals surface area contributed by atoms with E-state index >= 15 is 0 Å². The minimum atomic E-state index is -3.63. The molecule has 7 nitrogen and oxygen atoms in total. The molecule has 3 aromatic rings. The first-order valence-corrected chi connectivity index (χ1v) is 13.3. The number of rotatable bonds is 6. The summed E-state index contributed by atoms with van der Waals surface area (Å²) in [4.78, 5) is 12.2. The molecule has 0 unspecified atom stereocenters. The van der Waals surface area contributed by atoms with Crippen LogP contribution >= 0.6 is 0 Å². The van der Waals surface area contributed by atoms with Crippen LogP contribution in [-0.2, 0) is 28.9 Å². The largest absolute Gasteiger partial charge is 0.465 e. The molecule has 4 rings (SSSR count). The van der Waals surface area contributed by atoms with Crippen LogP contribution in [0.25, 0.3) is 5.57 Å². The third-order valence-electron chi connectivity index (χ3n) is 7.18. The van der Waals surface area contributed by atoms with Gasteiger partial charge in [-0.2, -0.15) is 4.31 Å². The second kappa shape index (κ2) is 9.83. The summed E-state index contributed by atoms with van der Waals surface area (Å²) < 4.78 is 37.8. The van der Waals surface area contributed by atoms with Crippen molar-refractivity contribution in [2.75, 3.05) is 20.2 Å². The molecule has 1 atom stereocenters. The molecule has 0 amide bonds. The number of sulfonamides is 1. The van der Waals surface area contributed by atoms with Gasteiger partial charge < -0.3 is 4.74 Å². The lowest BCUT2D eigenvalue weighted by Gasteiger charge is -2.37. The molecule has 0 saturated heterocycles. The van der Waals surface area contributed by atoms with Crippen molar-refractivity contribution >= 4 is 34.6 Å². The van der Waals surface area contributed by atoms with Crippen molar-refractivity contribution in [1.29, 1.82) is 0 Å². The molecule has 0 fully saturated rings. The van der Waals surface area contributed by atoms with E-state index in [1.54, 1.807) is 28.6 Å². The molecule has 1 aliphatic rings. The van der Waals surface area contributed by atoms with E-state index in [1.807, 2.05) is 57.7 Å². The van der Waals surface area contributed by atoms with Gasteiger partial charge in [0, 0.05) is 13.1 Å². The van der Waals surface area contributed by atoms with Crippen molar-refractivity contribution in [3.63, 3.8) is 0 Å². The summed E-state index contributed by atoms with van der Waals surface area (Å²) in [6.07, 6.45) is 4.05. The fourth-order valence-corrected chi connectivity index (χ4v) is 6.77. The summed E-state index contributed by atoms with van der Waals surface area (Å²) in [5.74, 6) is -0.376. The highest BCUT2D eigenvalue weighted by Gasteiger charge is 2.32. The van der Waals surface area contributed by atoms with Crippen LogP contribution < -0.4 is 10.3 Å². The first-order chi connectivity index (χ1) is 16.6. The van der Waals surface area contributed by atoms with Crippen LogP contribution in [-0.4, -0.2) is 50.7 Å². The lowest BCUT2D eigenvalue weighted by molar-refractivity contribution is -0.652. The molecular formula is C26H32BN3O4S. The third kappa shape index (κ3) is 4.97. The number of nitrogens with zero attached hydrogens (tertiary/aromatic N) is 3. The Bertz CT molecular complexity index is 1360. The van der Waals surface area contributed by atoms with Gasteiger partial charge in [0.1, 0.15) is 19.7 Å². The predicted octanol–water partition coefficient (Wildman–Crippen LogP) is 1.49. The highest BCUT2D eigenvalue weighted by molar-refractivity contribution is 7.89. The number of imidazole rings is 1. The molecule has 184 valence electrons. The Morgan fingerprint density at radius 2 is 1.77 bits per heavy atom. The Kier molecular flexibility index (Phi) is 7.01. The molecule has 0 N–H and O–H groups in total. The van der Waals surface area contributed by atoms with Crippen LogP contribution in [0.15, 0.2) is 71.3 Å². The zero-order valence-electron chi connectivity index (χ0n) is 21.1. The van der Waals surface area contributed by atoms with Gasteiger partial charge in [-0.15, -0.1) is 0 Å².